The van der Waals surface area contributed by atoms with Crippen LogP contribution in [0.15, 0.2) is 0 Å². The van der Waals surface area contributed by atoms with Crippen LogP contribution in [0.1, 0.15) is 26.2 Å². The van der Waals surface area contributed by atoms with Gasteiger partial charge in [0.15, 0.2) is 0 Å². The van der Waals surface area contributed by atoms with Gasteiger partial charge in [0.2, 0.25) is 0 Å². The van der Waals surface area contributed by atoms with Crippen LogP contribution in [0, 0.1) is 0 Å². The lowest BCUT2D eigenvalue weighted by Gasteiger charge is -2.33. The minimum absolute atomic E-state index is 0.0603. The Morgan fingerprint density at radius 1 is 1.15 bits per heavy atom. The monoisotopic (exact) mass is 240 g/mol. The molecule has 4 heteroatoms. The van der Waals surface area contributed by atoms with E-state index in [9.17, 15) is 5.11 Å². The molecule has 0 aliphatic carbocycles. The summed E-state index contributed by atoms with van der Waals surface area (Å²) in [4.78, 5) is 0. The Kier molecular flexibility index (Phi) is 7.89. The zero-order valence-corrected chi connectivity index (χ0v) is 11.3. The van der Waals surface area contributed by atoms with Crippen molar-refractivity contribution in [3.63, 3.8) is 0 Å². The number of thioether (sulfide) groups is 3. The molecule has 0 fully saturated rings. The summed E-state index contributed by atoms with van der Waals surface area (Å²) >= 11 is 5.26. The molecular formula is C9H20OS3. The topological polar surface area (TPSA) is 20.2 Å². The van der Waals surface area contributed by atoms with Crippen molar-refractivity contribution in [1.82, 2.24) is 0 Å². The van der Waals surface area contributed by atoms with Gasteiger partial charge >= 0.3 is 0 Å². The van der Waals surface area contributed by atoms with Crippen molar-refractivity contribution in [2.45, 2.75) is 35.7 Å². The molecule has 0 heterocycles. The second-order valence-electron chi connectivity index (χ2n) is 2.87. The Labute approximate surface area is 94.8 Å². The number of aliphatic hydroxyl groups excluding tert-OH is 1. The van der Waals surface area contributed by atoms with E-state index in [0.29, 0.717) is 0 Å². The molecule has 0 bridgehead atoms. The minimum Gasteiger partial charge on any atom is -0.390 e. The van der Waals surface area contributed by atoms with Crippen molar-refractivity contribution >= 4 is 35.3 Å². The summed E-state index contributed by atoms with van der Waals surface area (Å²) in [5, 5.41) is 10.0. The van der Waals surface area contributed by atoms with Gasteiger partial charge in [0.25, 0.3) is 0 Å². The van der Waals surface area contributed by atoms with E-state index in [4.69, 9.17) is 0 Å². The predicted octanol–water partition coefficient (Wildman–Crippen LogP) is 3.28. The average Bonchev–Trinajstić information content (AvgIpc) is 2.18. The highest BCUT2D eigenvalue weighted by Crippen LogP contribution is 2.47. The average molecular weight is 240 g/mol. The fourth-order valence-corrected chi connectivity index (χ4v) is 4.40. The molecule has 0 saturated carbocycles. The molecule has 0 saturated heterocycles. The van der Waals surface area contributed by atoms with Crippen LogP contribution in [0.25, 0.3) is 0 Å². The number of rotatable bonds is 7. The summed E-state index contributed by atoms with van der Waals surface area (Å²) in [6, 6.07) is 0. The number of hydrogen-bond acceptors (Lipinski definition) is 4. The summed E-state index contributed by atoms with van der Waals surface area (Å²) in [7, 11) is 0. The molecule has 0 aromatic heterocycles. The third-order valence-electron chi connectivity index (χ3n) is 2.09. The Morgan fingerprint density at radius 3 is 1.92 bits per heavy atom. The minimum atomic E-state index is -0.201. The van der Waals surface area contributed by atoms with Gasteiger partial charge in [-0.05, 0) is 25.2 Å². The quantitative estimate of drug-likeness (QED) is 0.689. The highest BCUT2D eigenvalue weighted by atomic mass is 32.3. The van der Waals surface area contributed by atoms with Crippen LogP contribution < -0.4 is 0 Å². The summed E-state index contributed by atoms with van der Waals surface area (Å²) in [6.45, 7) is 2.16. The van der Waals surface area contributed by atoms with Crippen LogP contribution in [0.5, 0.6) is 0 Å². The SMILES string of the molecule is CCCCC(O)C(SC)(SC)SC. The van der Waals surface area contributed by atoms with Gasteiger partial charge in [0.1, 0.15) is 3.41 Å². The van der Waals surface area contributed by atoms with Gasteiger partial charge in [-0.1, -0.05) is 19.8 Å². The molecule has 0 rings (SSSR count). The fourth-order valence-electron chi connectivity index (χ4n) is 1.23. The molecule has 1 atom stereocenters. The summed E-state index contributed by atoms with van der Waals surface area (Å²) in [6.07, 6.45) is 9.20. The standard InChI is InChI=1S/C9H20OS3/c1-5-6-7-8(10)9(11-2,12-3)13-4/h8,10H,5-7H2,1-4H3. The largest absolute Gasteiger partial charge is 0.390 e. The zero-order chi connectivity index (χ0) is 10.3. The van der Waals surface area contributed by atoms with E-state index < -0.39 is 0 Å². The lowest BCUT2D eigenvalue weighted by Crippen LogP contribution is -2.31. The molecule has 1 unspecified atom stereocenters. The maximum atomic E-state index is 10.0. The van der Waals surface area contributed by atoms with Gasteiger partial charge in [-0.3, -0.25) is 0 Å². The van der Waals surface area contributed by atoms with Crippen molar-refractivity contribution < 1.29 is 5.11 Å². The first-order valence-electron chi connectivity index (χ1n) is 4.50. The van der Waals surface area contributed by atoms with Gasteiger partial charge in [0.05, 0.1) is 6.10 Å². The molecule has 0 spiro atoms. The number of aliphatic hydroxyl groups is 1. The Bertz CT molecular complexity index is 118. The second kappa shape index (κ2) is 7.32. The van der Waals surface area contributed by atoms with Crippen LogP contribution >= 0.6 is 35.3 Å². The molecule has 0 aromatic rings. The van der Waals surface area contributed by atoms with Crippen LogP contribution in [-0.2, 0) is 0 Å². The maximum Gasteiger partial charge on any atom is 0.132 e. The summed E-state index contributed by atoms with van der Waals surface area (Å²) in [5.41, 5.74) is 0. The van der Waals surface area contributed by atoms with Crippen LogP contribution in [0.4, 0.5) is 0 Å². The molecule has 13 heavy (non-hydrogen) atoms. The van der Waals surface area contributed by atoms with E-state index in [1.54, 1.807) is 35.3 Å². The second-order valence-corrected chi connectivity index (χ2v) is 6.81. The highest BCUT2D eigenvalue weighted by molar-refractivity contribution is 8.33. The third-order valence-corrected chi connectivity index (χ3v) is 7.62. The predicted molar refractivity (Wildman–Crippen MR) is 68.8 cm³/mol. The summed E-state index contributed by atoms with van der Waals surface area (Å²) < 4.78 is -0.0603. The zero-order valence-electron chi connectivity index (χ0n) is 8.87. The third kappa shape index (κ3) is 3.94. The van der Waals surface area contributed by atoms with Gasteiger partial charge < -0.3 is 5.11 Å². The van der Waals surface area contributed by atoms with E-state index in [2.05, 4.69) is 25.7 Å². The molecule has 1 N–H and O–H groups in total. The van der Waals surface area contributed by atoms with E-state index in [0.717, 1.165) is 19.3 Å². The smallest absolute Gasteiger partial charge is 0.132 e. The molecule has 0 radical (unpaired) electrons. The Morgan fingerprint density at radius 2 is 1.62 bits per heavy atom. The van der Waals surface area contributed by atoms with E-state index in [1.807, 2.05) is 0 Å². The maximum absolute atomic E-state index is 10.0. The number of hydrogen-bond donors (Lipinski definition) is 1. The van der Waals surface area contributed by atoms with Crippen molar-refractivity contribution in [3.05, 3.63) is 0 Å². The highest BCUT2D eigenvalue weighted by Gasteiger charge is 2.35. The van der Waals surface area contributed by atoms with Gasteiger partial charge in [-0.2, -0.15) is 0 Å². The molecule has 1 nitrogen and oxygen atoms in total. The van der Waals surface area contributed by atoms with Crippen molar-refractivity contribution in [2.75, 3.05) is 18.8 Å². The lowest BCUT2D eigenvalue weighted by molar-refractivity contribution is 0.171. The fraction of sp³-hybridized carbons (Fsp3) is 1.00. The van der Waals surface area contributed by atoms with E-state index in [-0.39, 0.29) is 9.52 Å². The molecule has 0 aliphatic heterocycles. The van der Waals surface area contributed by atoms with Crippen LogP contribution in [0.2, 0.25) is 0 Å². The van der Waals surface area contributed by atoms with Crippen LogP contribution in [-0.4, -0.2) is 33.4 Å². The normalized spacial score (nSPS) is 14.5. The Balaban J connectivity index is 4.17. The molecular weight excluding hydrogens is 220 g/mol. The molecule has 80 valence electrons. The van der Waals surface area contributed by atoms with Crippen molar-refractivity contribution in [3.8, 4) is 0 Å². The lowest BCUT2D eigenvalue weighted by atomic mass is 10.2. The van der Waals surface area contributed by atoms with Gasteiger partial charge in [-0.25, -0.2) is 0 Å². The molecule has 0 amide bonds. The first-order valence-corrected chi connectivity index (χ1v) is 8.17. The van der Waals surface area contributed by atoms with Gasteiger partial charge in [0, 0.05) is 0 Å². The molecule has 0 aliphatic rings. The van der Waals surface area contributed by atoms with E-state index >= 15 is 0 Å². The van der Waals surface area contributed by atoms with Crippen molar-refractivity contribution in [2.24, 2.45) is 0 Å². The van der Waals surface area contributed by atoms with Crippen molar-refractivity contribution in [1.29, 1.82) is 0 Å². The Hall–Kier alpha value is 1.01. The number of unbranched alkanes of at least 4 members (excludes halogenated alkanes) is 1. The summed E-state index contributed by atoms with van der Waals surface area (Å²) in [5.74, 6) is 0. The van der Waals surface area contributed by atoms with Gasteiger partial charge in [-0.15, -0.1) is 35.3 Å². The molecule has 0 aromatic carbocycles. The van der Waals surface area contributed by atoms with E-state index in [1.165, 1.54) is 0 Å². The van der Waals surface area contributed by atoms with Crippen LogP contribution in [0.3, 0.4) is 0 Å². The first kappa shape index (κ1) is 14.0. The first-order chi connectivity index (χ1) is 6.16.